The summed E-state index contributed by atoms with van der Waals surface area (Å²) < 4.78 is 0. The zero-order valence-electron chi connectivity index (χ0n) is 12.1. The quantitative estimate of drug-likeness (QED) is 0.787. The van der Waals surface area contributed by atoms with Gasteiger partial charge in [0.1, 0.15) is 0 Å². The Hall–Kier alpha value is -0.840. The summed E-state index contributed by atoms with van der Waals surface area (Å²) >= 11 is 5.53. The third-order valence-electron chi connectivity index (χ3n) is 4.74. The number of nitrogens with one attached hydrogen (secondary N) is 1. The number of thiocarbonyl (C=S) groups is 1. The molecule has 0 atom stereocenters. The van der Waals surface area contributed by atoms with Crippen LogP contribution in [0.5, 0.6) is 0 Å². The molecule has 0 bridgehead atoms. The fourth-order valence-corrected chi connectivity index (χ4v) is 3.58. The number of carbonyl (C=O) groups is 1. The molecule has 3 aliphatic rings. The van der Waals surface area contributed by atoms with Crippen molar-refractivity contribution in [1.29, 1.82) is 0 Å². The number of hydrogen-bond acceptors (Lipinski definition) is 2. The van der Waals surface area contributed by atoms with Crippen molar-refractivity contribution in [3.63, 3.8) is 0 Å². The van der Waals surface area contributed by atoms with Crippen molar-refractivity contribution in [2.24, 2.45) is 5.92 Å². The summed E-state index contributed by atoms with van der Waals surface area (Å²) in [5, 5.41) is 4.42. The van der Waals surface area contributed by atoms with E-state index in [0.717, 1.165) is 44.1 Å². The van der Waals surface area contributed by atoms with Crippen LogP contribution in [0.15, 0.2) is 0 Å². The van der Waals surface area contributed by atoms with Gasteiger partial charge in [-0.1, -0.05) is 19.3 Å². The normalized spacial score (nSPS) is 24.6. The van der Waals surface area contributed by atoms with Crippen molar-refractivity contribution >= 4 is 23.2 Å². The first-order valence-corrected chi connectivity index (χ1v) is 8.49. The zero-order valence-corrected chi connectivity index (χ0v) is 13.0. The second-order valence-corrected chi connectivity index (χ2v) is 6.76. The van der Waals surface area contributed by atoms with Crippen molar-refractivity contribution in [1.82, 2.24) is 15.1 Å². The molecule has 5 heteroatoms. The molecule has 112 valence electrons. The van der Waals surface area contributed by atoms with Gasteiger partial charge in [-0.2, -0.15) is 0 Å². The zero-order chi connectivity index (χ0) is 13.9. The fraction of sp³-hybridized carbons (Fsp3) is 0.867. The number of amides is 1. The molecule has 1 amide bonds. The lowest BCUT2D eigenvalue weighted by atomic mass is 9.96. The molecule has 0 aromatic heterocycles. The Morgan fingerprint density at radius 1 is 0.900 bits per heavy atom. The van der Waals surface area contributed by atoms with Gasteiger partial charge in [0.25, 0.3) is 0 Å². The van der Waals surface area contributed by atoms with Crippen LogP contribution in [0.1, 0.15) is 44.9 Å². The molecule has 0 unspecified atom stereocenters. The average Bonchev–Trinajstić information content (AvgIpc) is 3.32. The van der Waals surface area contributed by atoms with Crippen molar-refractivity contribution in [3.8, 4) is 0 Å². The molecule has 3 fully saturated rings. The summed E-state index contributed by atoms with van der Waals surface area (Å²) in [5.41, 5.74) is 0. The van der Waals surface area contributed by atoms with Crippen LogP contribution in [0.3, 0.4) is 0 Å². The van der Waals surface area contributed by atoms with Gasteiger partial charge in [-0.3, -0.25) is 4.79 Å². The molecule has 2 aliphatic carbocycles. The van der Waals surface area contributed by atoms with E-state index in [1.165, 1.54) is 32.1 Å². The molecule has 0 aromatic carbocycles. The predicted octanol–water partition coefficient (Wildman–Crippen LogP) is 1.75. The molecule has 2 saturated carbocycles. The van der Waals surface area contributed by atoms with Gasteiger partial charge in [0.2, 0.25) is 5.91 Å². The first-order valence-electron chi connectivity index (χ1n) is 8.08. The predicted molar refractivity (Wildman–Crippen MR) is 83.5 cm³/mol. The van der Waals surface area contributed by atoms with Crippen molar-refractivity contribution in [3.05, 3.63) is 0 Å². The summed E-state index contributed by atoms with van der Waals surface area (Å²) in [6.07, 6.45) is 8.71. The Morgan fingerprint density at radius 3 is 2.10 bits per heavy atom. The standard InChI is InChI=1S/C15H25N3OS/c19-14(12-6-7-12)17-8-10-18(11-9-17)15(20)16-13-4-2-1-3-5-13/h12-13H,1-11H2,(H,16,20). The maximum atomic E-state index is 12.0. The number of hydrogen-bond donors (Lipinski definition) is 1. The van der Waals surface area contributed by atoms with Gasteiger partial charge in [-0.25, -0.2) is 0 Å². The molecule has 0 radical (unpaired) electrons. The number of nitrogens with zero attached hydrogens (tertiary/aromatic N) is 2. The van der Waals surface area contributed by atoms with Gasteiger partial charge >= 0.3 is 0 Å². The molecular formula is C15H25N3OS. The second-order valence-electron chi connectivity index (χ2n) is 6.37. The summed E-state index contributed by atoms with van der Waals surface area (Å²) in [4.78, 5) is 16.3. The van der Waals surface area contributed by atoms with E-state index < -0.39 is 0 Å². The SMILES string of the molecule is O=C(C1CC1)N1CCN(C(=S)NC2CCCCC2)CC1. The van der Waals surface area contributed by atoms with Crippen LogP contribution in [0, 0.1) is 5.92 Å². The Kier molecular flexibility index (Phi) is 4.44. The van der Waals surface area contributed by atoms with Crippen molar-refractivity contribution < 1.29 is 4.79 Å². The highest BCUT2D eigenvalue weighted by Gasteiger charge is 2.34. The molecule has 4 nitrogen and oxygen atoms in total. The van der Waals surface area contributed by atoms with Crippen LogP contribution >= 0.6 is 12.2 Å². The molecular weight excluding hydrogens is 270 g/mol. The number of carbonyl (C=O) groups excluding carboxylic acids is 1. The Morgan fingerprint density at radius 2 is 1.50 bits per heavy atom. The van der Waals surface area contributed by atoms with Crippen LogP contribution in [-0.4, -0.2) is 53.0 Å². The molecule has 3 rings (SSSR count). The summed E-state index contributed by atoms with van der Waals surface area (Å²) in [7, 11) is 0. The highest BCUT2D eigenvalue weighted by molar-refractivity contribution is 7.80. The molecule has 0 aromatic rings. The van der Waals surface area contributed by atoms with Crippen molar-refractivity contribution in [2.75, 3.05) is 26.2 Å². The van der Waals surface area contributed by atoms with Crippen molar-refractivity contribution in [2.45, 2.75) is 51.0 Å². The fourth-order valence-electron chi connectivity index (χ4n) is 3.23. The lowest BCUT2D eigenvalue weighted by Crippen LogP contribution is -2.54. The van der Waals surface area contributed by atoms with Crippen LogP contribution < -0.4 is 5.32 Å². The van der Waals surface area contributed by atoms with E-state index in [1.807, 2.05) is 4.90 Å². The topological polar surface area (TPSA) is 35.6 Å². The lowest BCUT2D eigenvalue weighted by molar-refractivity contribution is -0.133. The smallest absolute Gasteiger partial charge is 0.225 e. The van der Waals surface area contributed by atoms with Gasteiger partial charge in [-0.05, 0) is 37.9 Å². The van der Waals surface area contributed by atoms with E-state index in [4.69, 9.17) is 12.2 Å². The average molecular weight is 295 g/mol. The van der Waals surface area contributed by atoms with E-state index in [2.05, 4.69) is 10.2 Å². The molecule has 1 heterocycles. The number of rotatable bonds is 2. The molecule has 1 aliphatic heterocycles. The first kappa shape index (κ1) is 14.1. The highest BCUT2D eigenvalue weighted by Crippen LogP contribution is 2.31. The lowest BCUT2D eigenvalue weighted by Gasteiger charge is -2.37. The molecule has 0 spiro atoms. The molecule has 1 N–H and O–H groups in total. The minimum Gasteiger partial charge on any atom is -0.360 e. The van der Waals surface area contributed by atoms with Crippen LogP contribution in [0.4, 0.5) is 0 Å². The van der Waals surface area contributed by atoms with Crippen LogP contribution in [0.2, 0.25) is 0 Å². The summed E-state index contributed by atoms with van der Waals surface area (Å²) in [6, 6.07) is 0.572. The molecule has 1 saturated heterocycles. The van der Waals surface area contributed by atoms with E-state index >= 15 is 0 Å². The van der Waals surface area contributed by atoms with E-state index in [9.17, 15) is 4.79 Å². The minimum atomic E-state index is 0.342. The highest BCUT2D eigenvalue weighted by atomic mass is 32.1. The van der Waals surface area contributed by atoms with Gasteiger partial charge in [0.05, 0.1) is 0 Å². The Bertz CT molecular complexity index is 369. The Labute approximate surface area is 126 Å². The van der Waals surface area contributed by atoms with Gasteiger partial charge in [-0.15, -0.1) is 0 Å². The van der Waals surface area contributed by atoms with Crippen LogP contribution in [-0.2, 0) is 4.79 Å². The van der Waals surface area contributed by atoms with E-state index in [1.54, 1.807) is 0 Å². The third kappa shape index (κ3) is 3.43. The van der Waals surface area contributed by atoms with E-state index in [-0.39, 0.29) is 0 Å². The van der Waals surface area contributed by atoms with Gasteiger partial charge in [0, 0.05) is 38.1 Å². The van der Waals surface area contributed by atoms with E-state index in [0.29, 0.717) is 17.9 Å². The minimum absolute atomic E-state index is 0.342. The van der Waals surface area contributed by atoms with Gasteiger partial charge < -0.3 is 15.1 Å². The Balaban J connectivity index is 1.42. The second kappa shape index (κ2) is 6.29. The first-order chi connectivity index (χ1) is 9.74. The number of piperazine rings is 1. The largest absolute Gasteiger partial charge is 0.360 e. The van der Waals surface area contributed by atoms with Crippen LogP contribution in [0.25, 0.3) is 0 Å². The maximum Gasteiger partial charge on any atom is 0.225 e. The summed E-state index contributed by atoms with van der Waals surface area (Å²) in [6.45, 7) is 3.44. The maximum absolute atomic E-state index is 12.0. The summed E-state index contributed by atoms with van der Waals surface area (Å²) in [5.74, 6) is 0.713. The molecule has 20 heavy (non-hydrogen) atoms. The van der Waals surface area contributed by atoms with Gasteiger partial charge in [0.15, 0.2) is 5.11 Å². The third-order valence-corrected chi connectivity index (χ3v) is 5.11. The monoisotopic (exact) mass is 295 g/mol.